The summed E-state index contributed by atoms with van der Waals surface area (Å²) in [4.78, 5) is 2.16. The van der Waals surface area contributed by atoms with E-state index in [1.54, 1.807) is 4.68 Å². The number of rotatable bonds is 1. The van der Waals surface area contributed by atoms with Crippen LogP contribution >= 0.6 is 0 Å². The van der Waals surface area contributed by atoms with E-state index < -0.39 is 0 Å². The maximum Gasteiger partial charge on any atom is 0.245 e. The van der Waals surface area contributed by atoms with Gasteiger partial charge in [0.2, 0.25) is 5.95 Å². The van der Waals surface area contributed by atoms with Crippen LogP contribution in [-0.4, -0.2) is 52.3 Å². The monoisotopic (exact) mass is 225 g/mol. The van der Waals surface area contributed by atoms with Crippen molar-refractivity contribution in [2.45, 2.75) is 18.6 Å². The first-order chi connectivity index (χ1) is 7.79. The fraction of sp³-hybridized carbons (Fsp3) is 0.889. The Kier molecular flexibility index (Phi) is 2.29. The molecule has 3 heterocycles. The molecular weight excluding hydrogens is 210 g/mol. The normalized spacial score (nSPS) is 24.2. The SMILES string of the molecule is Cn1nnnc1N1CCC2(CC1)OCCO2. The number of aromatic nitrogens is 4. The lowest BCUT2D eigenvalue weighted by atomic mass is 10.0. The topological polar surface area (TPSA) is 65.3 Å². The lowest BCUT2D eigenvalue weighted by Gasteiger charge is -2.37. The first-order valence-corrected chi connectivity index (χ1v) is 5.54. The summed E-state index contributed by atoms with van der Waals surface area (Å²) in [5, 5.41) is 11.5. The summed E-state index contributed by atoms with van der Waals surface area (Å²) in [7, 11) is 1.85. The molecule has 2 saturated heterocycles. The van der Waals surface area contributed by atoms with Crippen molar-refractivity contribution in [2.75, 3.05) is 31.2 Å². The van der Waals surface area contributed by atoms with Crippen LogP contribution in [0.2, 0.25) is 0 Å². The molecule has 7 nitrogen and oxygen atoms in total. The second-order valence-electron chi connectivity index (χ2n) is 4.20. The highest BCUT2D eigenvalue weighted by Crippen LogP contribution is 2.32. The summed E-state index contributed by atoms with van der Waals surface area (Å²) in [5.41, 5.74) is 0. The van der Waals surface area contributed by atoms with Gasteiger partial charge in [0.15, 0.2) is 5.79 Å². The van der Waals surface area contributed by atoms with Gasteiger partial charge in [-0.15, -0.1) is 0 Å². The number of tetrazole rings is 1. The predicted octanol–water partition coefficient (Wildman–Crippen LogP) is -0.447. The quantitative estimate of drug-likeness (QED) is 0.645. The van der Waals surface area contributed by atoms with Crippen LogP contribution in [-0.2, 0) is 16.5 Å². The summed E-state index contributed by atoms with van der Waals surface area (Å²) in [6.45, 7) is 3.17. The number of piperidine rings is 1. The summed E-state index contributed by atoms with van der Waals surface area (Å²) in [6, 6.07) is 0. The highest BCUT2D eigenvalue weighted by Gasteiger charge is 2.40. The van der Waals surface area contributed by atoms with Crippen molar-refractivity contribution in [2.24, 2.45) is 7.05 Å². The minimum Gasteiger partial charge on any atom is -0.347 e. The van der Waals surface area contributed by atoms with Crippen molar-refractivity contribution in [1.82, 2.24) is 20.2 Å². The maximum atomic E-state index is 5.67. The summed E-state index contributed by atoms with van der Waals surface area (Å²) >= 11 is 0. The Bertz CT molecular complexity index is 364. The number of hydrogen-bond donors (Lipinski definition) is 0. The zero-order valence-electron chi connectivity index (χ0n) is 9.30. The Morgan fingerprint density at radius 3 is 2.44 bits per heavy atom. The van der Waals surface area contributed by atoms with Crippen LogP contribution < -0.4 is 4.90 Å². The van der Waals surface area contributed by atoms with Gasteiger partial charge in [-0.3, -0.25) is 0 Å². The second-order valence-corrected chi connectivity index (χ2v) is 4.20. The molecule has 16 heavy (non-hydrogen) atoms. The summed E-state index contributed by atoms with van der Waals surface area (Å²) in [6.07, 6.45) is 1.75. The molecule has 88 valence electrons. The Morgan fingerprint density at radius 2 is 1.88 bits per heavy atom. The third kappa shape index (κ3) is 1.56. The van der Waals surface area contributed by atoms with Gasteiger partial charge in [-0.2, -0.15) is 0 Å². The predicted molar refractivity (Wildman–Crippen MR) is 54.9 cm³/mol. The number of hydrogen-bond acceptors (Lipinski definition) is 6. The van der Waals surface area contributed by atoms with Crippen molar-refractivity contribution in [3.05, 3.63) is 0 Å². The van der Waals surface area contributed by atoms with E-state index in [2.05, 4.69) is 20.4 Å². The van der Waals surface area contributed by atoms with Gasteiger partial charge in [0, 0.05) is 33.0 Å². The molecule has 0 aliphatic carbocycles. The Balaban J connectivity index is 1.68. The second kappa shape index (κ2) is 3.67. The van der Waals surface area contributed by atoms with Crippen molar-refractivity contribution in [3.8, 4) is 0 Å². The largest absolute Gasteiger partial charge is 0.347 e. The van der Waals surface area contributed by atoms with E-state index in [-0.39, 0.29) is 5.79 Å². The summed E-state index contributed by atoms with van der Waals surface area (Å²) in [5.74, 6) is 0.482. The molecule has 1 aromatic rings. The molecule has 2 aliphatic rings. The van der Waals surface area contributed by atoms with E-state index in [1.165, 1.54) is 0 Å². The average molecular weight is 225 g/mol. The van der Waals surface area contributed by atoms with E-state index in [9.17, 15) is 0 Å². The van der Waals surface area contributed by atoms with E-state index in [4.69, 9.17) is 9.47 Å². The maximum absolute atomic E-state index is 5.67. The highest BCUT2D eigenvalue weighted by molar-refractivity contribution is 5.28. The van der Waals surface area contributed by atoms with E-state index in [0.717, 1.165) is 31.9 Å². The van der Waals surface area contributed by atoms with Crippen molar-refractivity contribution in [1.29, 1.82) is 0 Å². The fourth-order valence-electron chi connectivity index (χ4n) is 2.33. The van der Waals surface area contributed by atoms with Crippen molar-refractivity contribution < 1.29 is 9.47 Å². The molecule has 1 aromatic heterocycles. The third-order valence-corrected chi connectivity index (χ3v) is 3.22. The standard InChI is InChI=1S/C9H15N5O2/c1-13-8(10-11-12-13)14-4-2-9(3-5-14)15-6-7-16-9/h2-7H2,1H3. The molecule has 0 atom stereocenters. The first kappa shape index (κ1) is 9.98. The Labute approximate surface area is 93.3 Å². The average Bonchev–Trinajstić information content (AvgIpc) is 2.90. The van der Waals surface area contributed by atoms with Gasteiger partial charge in [0.05, 0.1) is 13.2 Å². The van der Waals surface area contributed by atoms with Gasteiger partial charge in [-0.1, -0.05) is 5.10 Å². The number of aryl methyl sites for hydroxylation is 1. The van der Waals surface area contributed by atoms with E-state index >= 15 is 0 Å². The third-order valence-electron chi connectivity index (χ3n) is 3.22. The van der Waals surface area contributed by atoms with Crippen molar-refractivity contribution in [3.63, 3.8) is 0 Å². The molecule has 0 radical (unpaired) electrons. The minimum absolute atomic E-state index is 0.331. The molecule has 2 fully saturated rings. The molecule has 2 aliphatic heterocycles. The molecule has 0 amide bonds. The minimum atomic E-state index is -0.331. The van der Waals surface area contributed by atoms with Gasteiger partial charge in [-0.25, -0.2) is 4.68 Å². The van der Waals surface area contributed by atoms with Gasteiger partial charge < -0.3 is 14.4 Å². The van der Waals surface area contributed by atoms with Crippen LogP contribution in [0.1, 0.15) is 12.8 Å². The number of ether oxygens (including phenoxy) is 2. The Hall–Kier alpha value is -1.21. The van der Waals surface area contributed by atoms with Crippen LogP contribution in [0.3, 0.4) is 0 Å². The van der Waals surface area contributed by atoms with Crippen LogP contribution in [0.5, 0.6) is 0 Å². The molecule has 7 heteroatoms. The van der Waals surface area contributed by atoms with Gasteiger partial charge in [0.25, 0.3) is 0 Å². The number of nitrogens with zero attached hydrogens (tertiary/aromatic N) is 5. The number of anilines is 1. The molecule has 0 saturated carbocycles. The molecule has 1 spiro atoms. The fourth-order valence-corrected chi connectivity index (χ4v) is 2.33. The van der Waals surface area contributed by atoms with Gasteiger partial charge in [-0.05, 0) is 10.4 Å². The van der Waals surface area contributed by atoms with Crippen molar-refractivity contribution >= 4 is 5.95 Å². The lowest BCUT2D eigenvalue weighted by Crippen LogP contribution is -2.46. The highest BCUT2D eigenvalue weighted by atomic mass is 16.7. The van der Waals surface area contributed by atoms with Crippen LogP contribution in [0.25, 0.3) is 0 Å². The smallest absolute Gasteiger partial charge is 0.245 e. The Morgan fingerprint density at radius 1 is 1.19 bits per heavy atom. The van der Waals surface area contributed by atoms with Crippen LogP contribution in [0.4, 0.5) is 5.95 Å². The zero-order valence-corrected chi connectivity index (χ0v) is 9.30. The zero-order chi connectivity index (χ0) is 11.0. The first-order valence-electron chi connectivity index (χ1n) is 5.54. The molecule has 0 aromatic carbocycles. The van der Waals surface area contributed by atoms with Crippen LogP contribution in [0, 0.1) is 0 Å². The summed E-state index contributed by atoms with van der Waals surface area (Å²) < 4.78 is 13.0. The molecular formula is C9H15N5O2. The van der Waals surface area contributed by atoms with Gasteiger partial charge in [0.1, 0.15) is 0 Å². The van der Waals surface area contributed by atoms with Gasteiger partial charge >= 0.3 is 0 Å². The molecule has 0 bridgehead atoms. The molecule has 0 N–H and O–H groups in total. The lowest BCUT2D eigenvalue weighted by molar-refractivity contribution is -0.169. The molecule has 3 rings (SSSR count). The van der Waals surface area contributed by atoms with E-state index in [1.807, 2.05) is 7.05 Å². The van der Waals surface area contributed by atoms with Crippen LogP contribution in [0.15, 0.2) is 0 Å². The molecule has 0 unspecified atom stereocenters. The van der Waals surface area contributed by atoms with E-state index in [0.29, 0.717) is 13.2 Å².